The van der Waals surface area contributed by atoms with Crippen molar-refractivity contribution in [3.05, 3.63) is 67.6 Å². The third-order valence-electron chi connectivity index (χ3n) is 3.25. The van der Waals surface area contributed by atoms with Crippen molar-refractivity contribution in [3.63, 3.8) is 0 Å². The van der Waals surface area contributed by atoms with Crippen molar-refractivity contribution in [2.45, 2.75) is 26.1 Å². The molecule has 0 saturated carbocycles. The van der Waals surface area contributed by atoms with E-state index in [1.807, 2.05) is 25.1 Å². The molecule has 2 rings (SSSR count). The first-order valence-corrected chi connectivity index (χ1v) is 7.67. The summed E-state index contributed by atoms with van der Waals surface area (Å²) in [6.07, 6.45) is 0. The van der Waals surface area contributed by atoms with Gasteiger partial charge in [0.25, 0.3) is 0 Å². The Bertz CT molecular complexity index is 620. The van der Waals surface area contributed by atoms with Gasteiger partial charge in [0.2, 0.25) is 0 Å². The molecule has 0 aliphatic carbocycles. The molecule has 0 fully saturated rings. The third kappa shape index (κ3) is 3.16. The molecule has 19 heavy (non-hydrogen) atoms. The molecule has 0 heterocycles. The van der Waals surface area contributed by atoms with E-state index in [1.54, 1.807) is 0 Å². The van der Waals surface area contributed by atoms with Crippen LogP contribution in [0.1, 0.15) is 33.2 Å². The van der Waals surface area contributed by atoms with Gasteiger partial charge in [-0.05, 0) is 60.7 Å². The minimum Gasteiger partial charge on any atom is -0.113 e. The Morgan fingerprint density at radius 3 is 2.26 bits per heavy atom. The van der Waals surface area contributed by atoms with Crippen LogP contribution in [0.15, 0.2) is 34.8 Å². The smallest absolute Gasteiger partial charge is 0.0852 e. The molecule has 100 valence electrons. The van der Waals surface area contributed by atoms with Crippen molar-refractivity contribution in [3.8, 4) is 0 Å². The first kappa shape index (κ1) is 14.9. The van der Waals surface area contributed by atoms with Crippen molar-refractivity contribution in [2.75, 3.05) is 0 Å². The summed E-state index contributed by atoms with van der Waals surface area (Å²) in [6.45, 7) is 6.15. The van der Waals surface area contributed by atoms with Crippen LogP contribution in [0.4, 0.5) is 0 Å². The molecule has 0 bridgehead atoms. The van der Waals surface area contributed by atoms with Crippen LogP contribution < -0.4 is 0 Å². The standard InChI is InChI=1S/C16H15BrCl2/c1-9-4-5-12(15(18)6-9)16(19)13-7-11(3)14(17)8-10(13)2/h4-8,16H,1-3H3. The number of rotatable bonds is 2. The summed E-state index contributed by atoms with van der Waals surface area (Å²) < 4.78 is 1.10. The number of aryl methyl sites for hydroxylation is 3. The van der Waals surface area contributed by atoms with Gasteiger partial charge in [-0.1, -0.05) is 45.7 Å². The molecule has 2 aromatic carbocycles. The third-order valence-corrected chi connectivity index (χ3v) is 4.90. The predicted molar refractivity (Wildman–Crippen MR) is 87.5 cm³/mol. The van der Waals surface area contributed by atoms with Crippen LogP contribution in [0.3, 0.4) is 0 Å². The minimum absolute atomic E-state index is 0.222. The zero-order chi connectivity index (χ0) is 14.2. The van der Waals surface area contributed by atoms with Crippen molar-refractivity contribution in [2.24, 2.45) is 0 Å². The average molecular weight is 358 g/mol. The Hall–Kier alpha value is -0.500. The molecule has 0 radical (unpaired) electrons. The molecule has 0 N–H and O–H groups in total. The van der Waals surface area contributed by atoms with E-state index in [4.69, 9.17) is 23.2 Å². The number of alkyl halides is 1. The molecule has 2 aromatic rings. The zero-order valence-corrected chi connectivity index (χ0v) is 14.2. The second kappa shape index (κ2) is 5.87. The summed E-state index contributed by atoms with van der Waals surface area (Å²) >= 11 is 16.5. The van der Waals surface area contributed by atoms with Gasteiger partial charge >= 0.3 is 0 Å². The Morgan fingerprint density at radius 1 is 0.947 bits per heavy atom. The van der Waals surface area contributed by atoms with Crippen molar-refractivity contribution in [1.82, 2.24) is 0 Å². The fourth-order valence-electron chi connectivity index (χ4n) is 2.08. The molecule has 3 heteroatoms. The number of benzene rings is 2. The Morgan fingerprint density at radius 2 is 1.63 bits per heavy atom. The molecular weight excluding hydrogens is 343 g/mol. The van der Waals surface area contributed by atoms with Gasteiger partial charge < -0.3 is 0 Å². The van der Waals surface area contributed by atoms with Crippen LogP contribution >= 0.6 is 39.1 Å². The molecule has 0 aliphatic rings. The lowest BCUT2D eigenvalue weighted by Crippen LogP contribution is -1.99. The van der Waals surface area contributed by atoms with E-state index in [1.165, 1.54) is 5.56 Å². The largest absolute Gasteiger partial charge is 0.113 e. The van der Waals surface area contributed by atoms with Crippen LogP contribution in [0, 0.1) is 20.8 Å². The Labute approximate surface area is 132 Å². The zero-order valence-electron chi connectivity index (χ0n) is 11.1. The van der Waals surface area contributed by atoms with Crippen LogP contribution in [0.5, 0.6) is 0 Å². The lowest BCUT2D eigenvalue weighted by atomic mass is 9.97. The summed E-state index contributed by atoms with van der Waals surface area (Å²) in [4.78, 5) is 0. The molecule has 0 amide bonds. The second-order valence-electron chi connectivity index (χ2n) is 4.85. The molecule has 1 unspecified atom stereocenters. The van der Waals surface area contributed by atoms with Crippen LogP contribution in [0.2, 0.25) is 5.02 Å². The molecule has 0 saturated heterocycles. The van der Waals surface area contributed by atoms with E-state index in [2.05, 4.69) is 41.9 Å². The highest BCUT2D eigenvalue weighted by molar-refractivity contribution is 9.10. The highest BCUT2D eigenvalue weighted by Crippen LogP contribution is 2.37. The van der Waals surface area contributed by atoms with Gasteiger partial charge in [-0.3, -0.25) is 0 Å². The van der Waals surface area contributed by atoms with Gasteiger partial charge in [-0.15, -0.1) is 11.6 Å². The lowest BCUT2D eigenvalue weighted by Gasteiger charge is -2.16. The molecule has 1 atom stereocenters. The molecular formula is C16H15BrCl2. The minimum atomic E-state index is -0.222. The number of hydrogen-bond donors (Lipinski definition) is 0. The van der Waals surface area contributed by atoms with E-state index in [0.29, 0.717) is 0 Å². The van der Waals surface area contributed by atoms with Gasteiger partial charge in [0.05, 0.1) is 5.38 Å². The van der Waals surface area contributed by atoms with Gasteiger partial charge in [-0.2, -0.15) is 0 Å². The van der Waals surface area contributed by atoms with Crippen molar-refractivity contribution < 1.29 is 0 Å². The maximum Gasteiger partial charge on any atom is 0.0852 e. The average Bonchev–Trinajstić information content (AvgIpc) is 2.33. The first-order chi connectivity index (χ1) is 8.90. The SMILES string of the molecule is Cc1ccc(C(Cl)c2cc(C)c(Br)cc2C)c(Cl)c1. The van der Waals surface area contributed by atoms with Crippen molar-refractivity contribution >= 4 is 39.1 Å². The number of halogens is 3. The second-order valence-corrected chi connectivity index (χ2v) is 6.54. The topological polar surface area (TPSA) is 0 Å². The summed E-state index contributed by atoms with van der Waals surface area (Å²) in [6, 6.07) is 10.2. The highest BCUT2D eigenvalue weighted by Gasteiger charge is 2.17. The number of hydrogen-bond acceptors (Lipinski definition) is 0. The quantitative estimate of drug-likeness (QED) is 0.549. The molecule has 0 spiro atoms. The van der Waals surface area contributed by atoms with Gasteiger partial charge in [0.1, 0.15) is 0 Å². The van der Waals surface area contributed by atoms with E-state index in [-0.39, 0.29) is 5.38 Å². The summed E-state index contributed by atoms with van der Waals surface area (Å²) in [7, 11) is 0. The first-order valence-electron chi connectivity index (χ1n) is 6.07. The summed E-state index contributed by atoms with van der Waals surface area (Å²) in [5.74, 6) is 0. The highest BCUT2D eigenvalue weighted by atomic mass is 79.9. The Balaban J connectivity index is 2.49. The van der Waals surface area contributed by atoms with Crippen LogP contribution in [0.25, 0.3) is 0 Å². The van der Waals surface area contributed by atoms with Gasteiger partial charge in [-0.25, -0.2) is 0 Å². The monoisotopic (exact) mass is 356 g/mol. The summed E-state index contributed by atoms with van der Waals surface area (Å²) in [5.41, 5.74) is 5.54. The van der Waals surface area contributed by atoms with E-state index < -0.39 is 0 Å². The van der Waals surface area contributed by atoms with E-state index in [0.717, 1.165) is 31.7 Å². The molecule has 0 nitrogen and oxygen atoms in total. The lowest BCUT2D eigenvalue weighted by molar-refractivity contribution is 1.10. The van der Waals surface area contributed by atoms with E-state index >= 15 is 0 Å². The fourth-order valence-corrected chi connectivity index (χ4v) is 3.36. The van der Waals surface area contributed by atoms with Crippen LogP contribution in [-0.2, 0) is 0 Å². The summed E-state index contributed by atoms with van der Waals surface area (Å²) in [5, 5.41) is 0.500. The normalized spacial score (nSPS) is 12.5. The molecule has 0 aromatic heterocycles. The fraction of sp³-hybridized carbons (Fsp3) is 0.250. The van der Waals surface area contributed by atoms with Crippen LogP contribution in [-0.4, -0.2) is 0 Å². The Kier molecular flexibility index (Phi) is 4.60. The maximum atomic E-state index is 6.62. The van der Waals surface area contributed by atoms with E-state index in [9.17, 15) is 0 Å². The molecule has 0 aliphatic heterocycles. The maximum absolute atomic E-state index is 6.62. The van der Waals surface area contributed by atoms with Gasteiger partial charge in [0, 0.05) is 9.50 Å². The van der Waals surface area contributed by atoms with Crippen molar-refractivity contribution in [1.29, 1.82) is 0 Å². The van der Waals surface area contributed by atoms with Gasteiger partial charge in [0.15, 0.2) is 0 Å². The predicted octanol–water partition coefficient (Wildman–Crippen LogP) is 6.36.